The van der Waals surface area contributed by atoms with Crippen molar-refractivity contribution in [2.24, 2.45) is 5.73 Å². The Balaban J connectivity index is 2.97. The second-order valence-corrected chi connectivity index (χ2v) is 5.44. The van der Waals surface area contributed by atoms with Crippen molar-refractivity contribution < 1.29 is 13.2 Å². The summed E-state index contributed by atoms with van der Waals surface area (Å²) in [6.45, 7) is 3.85. The SMILES string of the molecule is COCC(C)NS(=O)(=O)c1n[nH]c(C)c1CN. The highest BCUT2D eigenvalue weighted by atomic mass is 32.2. The molecule has 0 spiro atoms. The number of H-pyrrole nitrogens is 1. The molecule has 17 heavy (non-hydrogen) atoms. The van der Waals surface area contributed by atoms with E-state index in [4.69, 9.17) is 10.5 Å². The van der Waals surface area contributed by atoms with Crippen LogP contribution >= 0.6 is 0 Å². The number of methoxy groups -OCH3 is 1. The molecule has 0 aliphatic heterocycles. The summed E-state index contributed by atoms with van der Waals surface area (Å²) in [4.78, 5) is 0. The van der Waals surface area contributed by atoms with Crippen LogP contribution in [0.15, 0.2) is 5.03 Å². The monoisotopic (exact) mass is 262 g/mol. The molecule has 0 aromatic carbocycles. The Bertz CT molecular complexity index is 469. The van der Waals surface area contributed by atoms with Gasteiger partial charge in [0, 0.05) is 31.0 Å². The van der Waals surface area contributed by atoms with E-state index in [0.29, 0.717) is 17.9 Å². The van der Waals surface area contributed by atoms with E-state index in [1.165, 1.54) is 7.11 Å². The lowest BCUT2D eigenvalue weighted by Gasteiger charge is -2.12. The number of rotatable bonds is 6. The molecule has 1 unspecified atom stereocenters. The standard InChI is InChI=1S/C9H18N4O3S/c1-6(5-16-3)13-17(14,15)9-8(4-10)7(2)11-12-9/h6,13H,4-5,10H2,1-3H3,(H,11,12). The van der Waals surface area contributed by atoms with Crippen molar-refractivity contribution in [1.82, 2.24) is 14.9 Å². The number of nitrogens with zero attached hydrogens (tertiary/aromatic N) is 1. The minimum atomic E-state index is -3.66. The highest BCUT2D eigenvalue weighted by Gasteiger charge is 2.24. The van der Waals surface area contributed by atoms with Gasteiger partial charge in [-0.05, 0) is 13.8 Å². The Hall–Kier alpha value is -0.960. The van der Waals surface area contributed by atoms with Crippen molar-refractivity contribution in [3.05, 3.63) is 11.3 Å². The number of nitrogens with two attached hydrogens (primary N) is 1. The van der Waals surface area contributed by atoms with Crippen LogP contribution in [0.4, 0.5) is 0 Å². The molecule has 98 valence electrons. The van der Waals surface area contributed by atoms with E-state index in [0.717, 1.165) is 0 Å². The van der Waals surface area contributed by atoms with Gasteiger partial charge in [0.05, 0.1) is 6.61 Å². The van der Waals surface area contributed by atoms with Gasteiger partial charge in [0.25, 0.3) is 10.0 Å². The van der Waals surface area contributed by atoms with Gasteiger partial charge in [0.15, 0.2) is 5.03 Å². The predicted octanol–water partition coefficient (Wildman–Crippen LogP) is -0.510. The van der Waals surface area contributed by atoms with Crippen LogP contribution in [0.25, 0.3) is 0 Å². The fourth-order valence-corrected chi connectivity index (χ4v) is 2.93. The van der Waals surface area contributed by atoms with Crippen molar-refractivity contribution in [2.45, 2.75) is 31.5 Å². The first-order chi connectivity index (χ1) is 7.92. The summed E-state index contributed by atoms with van der Waals surface area (Å²) < 4.78 is 31.3. The molecule has 1 aromatic rings. The van der Waals surface area contributed by atoms with Gasteiger partial charge in [-0.25, -0.2) is 13.1 Å². The van der Waals surface area contributed by atoms with E-state index < -0.39 is 10.0 Å². The molecule has 0 fully saturated rings. The third-order valence-corrected chi connectivity index (χ3v) is 3.83. The number of nitrogens with one attached hydrogen (secondary N) is 2. The number of aryl methyl sites for hydroxylation is 1. The Morgan fingerprint density at radius 1 is 1.59 bits per heavy atom. The number of sulfonamides is 1. The van der Waals surface area contributed by atoms with Crippen molar-refractivity contribution in [3.8, 4) is 0 Å². The van der Waals surface area contributed by atoms with E-state index in [2.05, 4.69) is 14.9 Å². The number of hydrogen-bond acceptors (Lipinski definition) is 5. The maximum atomic E-state index is 12.0. The molecule has 0 saturated carbocycles. The molecule has 0 radical (unpaired) electrons. The first kappa shape index (κ1) is 14.1. The maximum absolute atomic E-state index is 12.0. The predicted molar refractivity (Wildman–Crippen MR) is 62.9 cm³/mol. The lowest BCUT2D eigenvalue weighted by Crippen LogP contribution is -2.36. The highest BCUT2D eigenvalue weighted by Crippen LogP contribution is 2.15. The van der Waals surface area contributed by atoms with Crippen molar-refractivity contribution >= 4 is 10.0 Å². The number of ether oxygens (including phenoxy) is 1. The summed E-state index contributed by atoms with van der Waals surface area (Å²) in [6, 6.07) is -0.326. The first-order valence-electron chi connectivity index (χ1n) is 5.17. The highest BCUT2D eigenvalue weighted by molar-refractivity contribution is 7.89. The Morgan fingerprint density at radius 2 is 2.24 bits per heavy atom. The Kier molecular flexibility index (Phi) is 4.63. The lowest BCUT2D eigenvalue weighted by atomic mass is 10.3. The van der Waals surface area contributed by atoms with Gasteiger partial charge >= 0.3 is 0 Å². The van der Waals surface area contributed by atoms with Crippen LogP contribution in [-0.2, 0) is 21.3 Å². The normalized spacial score (nSPS) is 13.9. The molecule has 1 rings (SSSR count). The van der Waals surface area contributed by atoms with Gasteiger partial charge in [0.1, 0.15) is 0 Å². The van der Waals surface area contributed by atoms with Crippen LogP contribution in [0.3, 0.4) is 0 Å². The second-order valence-electron chi connectivity index (χ2n) is 3.81. The smallest absolute Gasteiger partial charge is 0.260 e. The first-order valence-corrected chi connectivity index (χ1v) is 6.65. The van der Waals surface area contributed by atoms with Crippen LogP contribution < -0.4 is 10.5 Å². The zero-order valence-electron chi connectivity index (χ0n) is 10.1. The maximum Gasteiger partial charge on any atom is 0.260 e. The zero-order valence-corrected chi connectivity index (χ0v) is 11.0. The third kappa shape index (κ3) is 3.25. The topological polar surface area (TPSA) is 110 Å². The summed E-state index contributed by atoms with van der Waals surface area (Å²) in [5.74, 6) is 0. The van der Waals surface area contributed by atoms with Gasteiger partial charge in [-0.2, -0.15) is 5.10 Å². The van der Waals surface area contributed by atoms with E-state index >= 15 is 0 Å². The Labute approximate surface area is 101 Å². The fraction of sp³-hybridized carbons (Fsp3) is 0.667. The molecular formula is C9H18N4O3S. The van der Waals surface area contributed by atoms with Gasteiger partial charge in [-0.1, -0.05) is 0 Å². The van der Waals surface area contributed by atoms with Crippen LogP contribution in [0.1, 0.15) is 18.2 Å². The van der Waals surface area contributed by atoms with Crippen LogP contribution in [0.5, 0.6) is 0 Å². The quantitative estimate of drug-likeness (QED) is 0.639. The molecular weight excluding hydrogens is 244 g/mol. The zero-order chi connectivity index (χ0) is 13.1. The molecule has 0 aliphatic carbocycles. The molecule has 0 aliphatic rings. The van der Waals surface area contributed by atoms with E-state index in [1.807, 2.05) is 0 Å². The minimum absolute atomic E-state index is 0.0412. The fourth-order valence-electron chi connectivity index (χ4n) is 1.50. The van der Waals surface area contributed by atoms with Crippen molar-refractivity contribution in [1.29, 1.82) is 0 Å². The molecule has 7 nitrogen and oxygen atoms in total. The van der Waals surface area contributed by atoms with Gasteiger partial charge in [0.2, 0.25) is 0 Å². The summed E-state index contributed by atoms with van der Waals surface area (Å²) in [6.07, 6.45) is 0. The number of aromatic amines is 1. The van der Waals surface area contributed by atoms with Crippen LogP contribution in [0, 0.1) is 6.92 Å². The molecule has 8 heteroatoms. The summed E-state index contributed by atoms with van der Waals surface area (Å²) >= 11 is 0. The van der Waals surface area contributed by atoms with Crippen molar-refractivity contribution in [3.63, 3.8) is 0 Å². The molecule has 0 saturated heterocycles. The van der Waals surface area contributed by atoms with E-state index in [1.54, 1.807) is 13.8 Å². The molecule has 0 amide bonds. The third-order valence-electron chi connectivity index (χ3n) is 2.27. The minimum Gasteiger partial charge on any atom is -0.383 e. The number of aromatic nitrogens is 2. The molecule has 1 atom stereocenters. The lowest BCUT2D eigenvalue weighted by molar-refractivity contribution is 0.180. The molecule has 1 heterocycles. The van der Waals surface area contributed by atoms with Crippen LogP contribution in [-0.4, -0.2) is 38.4 Å². The van der Waals surface area contributed by atoms with Gasteiger partial charge in [-0.15, -0.1) is 0 Å². The van der Waals surface area contributed by atoms with Crippen molar-refractivity contribution in [2.75, 3.05) is 13.7 Å². The largest absolute Gasteiger partial charge is 0.383 e. The molecule has 4 N–H and O–H groups in total. The van der Waals surface area contributed by atoms with Crippen LogP contribution in [0.2, 0.25) is 0 Å². The number of hydrogen-bond donors (Lipinski definition) is 3. The molecule has 0 bridgehead atoms. The Morgan fingerprint density at radius 3 is 2.76 bits per heavy atom. The summed E-state index contributed by atoms with van der Waals surface area (Å²) in [7, 11) is -2.15. The van der Waals surface area contributed by atoms with E-state index in [9.17, 15) is 8.42 Å². The summed E-state index contributed by atoms with van der Waals surface area (Å²) in [5.41, 5.74) is 6.67. The van der Waals surface area contributed by atoms with Gasteiger partial charge < -0.3 is 10.5 Å². The average Bonchev–Trinajstić information content (AvgIpc) is 2.59. The molecule has 1 aromatic heterocycles. The van der Waals surface area contributed by atoms with E-state index in [-0.39, 0.29) is 17.6 Å². The average molecular weight is 262 g/mol. The second kappa shape index (κ2) is 5.58. The summed E-state index contributed by atoms with van der Waals surface area (Å²) in [5, 5.41) is 6.35. The van der Waals surface area contributed by atoms with Gasteiger partial charge in [-0.3, -0.25) is 5.10 Å².